The topological polar surface area (TPSA) is 35.9 Å². The van der Waals surface area contributed by atoms with Crippen molar-refractivity contribution in [2.75, 3.05) is 0 Å². The molecule has 414 valence electrons. The van der Waals surface area contributed by atoms with Gasteiger partial charge >= 0.3 is 0 Å². The summed E-state index contributed by atoms with van der Waals surface area (Å²) in [7, 11) is 0. The number of ether oxygens (including phenoxy) is 1. The third kappa shape index (κ3) is 11.1. The van der Waals surface area contributed by atoms with Gasteiger partial charge in [-0.1, -0.05) is 225 Å². The zero-order valence-corrected chi connectivity index (χ0v) is 51.6. The molecule has 0 saturated heterocycles. The van der Waals surface area contributed by atoms with E-state index >= 15 is 0 Å². The first kappa shape index (κ1) is 47.3. The van der Waals surface area contributed by atoms with Crippen LogP contribution in [0.25, 0.3) is 83.4 Å². The van der Waals surface area contributed by atoms with Crippen LogP contribution < -0.4 is 9.30 Å². The van der Waals surface area contributed by atoms with E-state index in [-0.39, 0.29) is 70.6 Å². The number of para-hydroxylation sites is 1. The molecule has 0 aliphatic rings. The molecular weight excluding hydrogens is 1170 g/mol. The van der Waals surface area contributed by atoms with Crippen molar-refractivity contribution in [3.8, 4) is 62.1 Å². The van der Waals surface area contributed by atoms with Gasteiger partial charge in [-0.15, -0.1) is 29.7 Å². The summed E-state index contributed by atoms with van der Waals surface area (Å²) in [5.74, 6) is 1.00. The summed E-state index contributed by atoms with van der Waals surface area (Å²) < 4.78 is 81.3. The van der Waals surface area contributed by atoms with Crippen LogP contribution in [0.4, 0.5) is 0 Å². The van der Waals surface area contributed by atoms with Gasteiger partial charge in [0.25, 0.3) is 6.33 Å². The average molecular weight is 1250 g/mol. The Labute approximate surface area is 507 Å². The molecule has 3 aromatic heterocycles. The maximum atomic E-state index is 8.71. The Bertz CT molecular complexity index is 4540. The largest absolute Gasteiger partial charge is 0.510 e. The van der Waals surface area contributed by atoms with Crippen molar-refractivity contribution in [2.24, 2.45) is 0 Å². The molecule has 81 heavy (non-hydrogen) atoms. The molecule has 0 N–H and O–H groups in total. The van der Waals surface area contributed by atoms with E-state index in [9.17, 15) is 0 Å². The van der Waals surface area contributed by atoms with E-state index in [1.807, 2.05) is 59.2 Å². The number of pyridine rings is 1. The van der Waals surface area contributed by atoms with Crippen LogP contribution in [0.1, 0.15) is 148 Å². The van der Waals surface area contributed by atoms with E-state index in [1.54, 1.807) is 0 Å². The molecule has 0 radical (unpaired) electrons. The molecule has 3 heterocycles. The van der Waals surface area contributed by atoms with Gasteiger partial charge in [-0.3, -0.25) is 4.57 Å². The first-order valence-electron chi connectivity index (χ1n) is 31.7. The summed E-state index contributed by atoms with van der Waals surface area (Å²) in [6.07, 6.45) is 5.22. The fraction of sp³-hybridized carbons (Fsp3) is 0.280. The van der Waals surface area contributed by atoms with E-state index in [4.69, 9.17) is 20.7 Å². The summed E-state index contributed by atoms with van der Waals surface area (Å²) >= 11 is 0. The van der Waals surface area contributed by atoms with Gasteiger partial charge in [0.2, 0.25) is 0 Å². The van der Waals surface area contributed by atoms with Crippen LogP contribution in [-0.2, 0) is 48.1 Å². The van der Waals surface area contributed by atoms with Gasteiger partial charge in [-0.2, -0.15) is 18.2 Å². The number of aryl methyl sites for hydroxylation is 1. The number of aromatic nitrogens is 4. The van der Waals surface area contributed by atoms with Gasteiger partial charge in [0.05, 0.1) is 23.6 Å². The Balaban J connectivity index is 0.00000873. The minimum absolute atomic E-state index is 0. The van der Waals surface area contributed by atoms with Gasteiger partial charge < -0.3 is 13.9 Å². The fourth-order valence-electron chi connectivity index (χ4n) is 10.6. The average Bonchev–Trinajstić information content (AvgIpc) is 2.07. The van der Waals surface area contributed by atoms with Crippen LogP contribution in [0.3, 0.4) is 0 Å². The van der Waals surface area contributed by atoms with Gasteiger partial charge in [-0.25, -0.2) is 4.98 Å². The Hall–Kier alpha value is -7.33. The smallest absolute Gasteiger partial charge is 0.268 e. The van der Waals surface area contributed by atoms with E-state index in [2.05, 4.69) is 204 Å². The zero-order chi connectivity index (χ0) is 63.7. The first-order valence-corrected chi connectivity index (χ1v) is 27.7. The van der Waals surface area contributed by atoms with E-state index in [0.717, 1.165) is 49.7 Å². The van der Waals surface area contributed by atoms with Crippen molar-refractivity contribution in [2.45, 2.75) is 138 Å². The summed E-state index contributed by atoms with van der Waals surface area (Å²) in [6.45, 7) is 31.4. The summed E-state index contributed by atoms with van der Waals surface area (Å²) in [4.78, 5) is 4.77. The number of hydrogen-bond donors (Lipinski definition) is 0. The molecule has 5 nitrogen and oxygen atoms in total. The minimum atomic E-state index is -2.77. The Morgan fingerprint density at radius 1 is 0.519 bits per heavy atom. The van der Waals surface area contributed by atoms with E-state index < -0.39 is 37.1 Å². The number of hydrogen-bond acceptors (Lipinski definition) is 2. The molecule has 0 aliphatic heterocycles. The van der Waals surface area contributed by atoms with Crippen molar-refractivity contribution in [1.82, 2.24) is 14.1 Å². The summed E-state index contributed by atoms with van der Waals surface area (Å²) in [5, 5.41) is 1.66. The van der Waals surface area contributed by atoms with Crippen molar-refractivity contribution >= 4 is 32.8 Å². The minimum Gasteiger partial charge on any atom is -0.510 e. The van der Waals surface area contributed by atoms with E-state index in [1.165, 1.54) is 40.1 Å². The van der Waals surface area contributed by atoms with Crippen LogP contribution in [0, 0.1) is 25.3 Å². The van der Waals surface area contributed by atoms with Crippen molar-refractivity contribution in [1.29, 1.82) is 0 Å². The van der Waals surface area contributed by atoms with Gasteiger partial charge in [0.15, 0.2) is 0 Å². The van der Waals surface area contributed by atoms with Crippen LogP contribution in [0.5, 0.6) is 11.5 Å². The Morgan fingerprint density at radius 3 is 1.81 bits per heavy atom. The molecule has 0 amide bonds. The molecular formula is C75H76N4OPt-2. The van der Waals surface area contributed by atoms with Crippen LogP contribution in [-0.4, -0.2) is 14.1 Å². The molecule has 11 rings (SSSR count). The SMILES string of the molecule is [2H]c1c([2H])c([2H])c(-c2cnc(-n3c4[c-]c(Oc5[c-]c(-n6[c-][n+](-c7c(-c8cc(C(C)(C)C)cc(C(C)(C)C)c8)cc(C(C)(C)C)cc7C(C)(C)C)c7ccc(-c8ccc(C(C)(C)C)cc8)cc76)ccc5)ccc4c4ccccc43)cc2C([2H])([2H])[2H])c([2H])c1[2H].[Pt]. The number of nitrogens with zero attached hydrogens (tertiary/aromatic N) is 4. The fourth-order valence-corrected chi connectivity index (χ4v) is 10.6. The molecule has 0 aliphatic carbocycles. The van der Waals surface area contributed by atoms with Crippen LogP contribution in [0.15, 0.2) is 170 Å². The predicted molar refractivity (Wildman–Crippen MR) is 335 cm³/mol. The molecule has 0 spiro atoms. The summed E-state index contributed by atoms with van der Waals surface area (Å²) in [6, 6.07) is 50.6. The Morgan fingerprint density at radius 2 is 1.16 bits per heavy atom. The van der Waals surface area contributed by atoms with Crippen molar-refractivity contribution in [3.63, 3.8) is 0 Å². The van der Waals surface area contributed by atoms with Crippen LogP contribution >= 0.6 is 0 Å². The first-order chi connectivity index (χ1) is 41.0. The third-order valence-electron chi connectivity index (χ3n) is 15.4. The maximum Gasteiger partial charge on any atom is 0.268 e. The number of rotatable bonds is 8. The molecule has 8 aromatic carbocycles. The van der Waals surface area contributed by atoms with E-state index in [0.29, 0.717) is 28.2 Å². The summed E-state index contributed by atoms with van der Waals surface area (Å²) in [5.41, 5.74) is 14.2. The third-order valence-corrected chi connectivity index (χ3v) is 15.4. The second-order valence-electron chi connectivity index (χ2n) is 26.5. The van der Waals surface area contributed by atoms with Gasteiger partial charge in [-0.05, 0) is 124 Å². The molecule has 11 aromatic rings. The Kier molecular flexibility index (Phi) is 12.2. The normalized spacial score (nSPS) is 14.2. The monoisotopic (exact) mass is 1250 g/mol. The number of fused-ring (bicyclic) bond motifs is 4. The molecule has 0 fully saturated rings. The predicted octanol–water partition coefficient (Wildman–Crippen LogP) is 19.4. The maximum absolute atomic E-state index is 8.71. The van der Waals surface area contributed by atoms with Gasteiger partial charge in [0, 0.05) is 54.0 Å². The molecule has 0 unspecified atom stereocenters. The zero-order valence-electron chi connectivity index (χ0n) is 57.3. The second-order valence-corrected chi connectivity index (χ2v) is 26.5. The molecule has 0 atom stereocenters. The standard InChI is InChI=1S/C75H76N4O.Pt/c1-48-37-69(76-46-63(48)50-23-18-17-19-24-50)79-65-28-21-20-27-60(65)61-35-34-59(45-67(61)79)80-58-26-22-25-57(44-58)77-47-78(66-36-31-51(40-68(66)77)49-29-32-53(33-30-49)71(2,3)4)70-62(42-56(74(11,12)13)43-64(70)75(14,15)16)52-38-54(72(5,6)7)41-55(39-52)73(8,9)10;/h17-43,46H,1-16H3;/q-2;/i1D3,17D,18D,19D,23D,24D;. The van der Waals surface area contributed by atoms with Crippen LogP contribution in [0.2, 0.25) is 0 Å². The molecule has 6 heteroatoms. The van der Waals surface area contributed by atoms with Crippen molar-refractivity contribution in [3.05, 3.63) is 222 Å². The quantitative estimate of drug-likeness (QED) is 0.112. The molecule has 0 saturated carbocycles. The second kappa shape index (κ2) is 20.9. The molecule has 0 bridgehead atoms. The van der Waals surface area contributed by atoms with Gasteiger partial charge in [0.1, 0.15) is 5.82 Å². The number of imidazole rings is 1. The van der Waals surface area contributed by atoms with Crippen molar-refractivity contribution < 1.29 is 41.3 Å². The number of benzene rings is 8.